The Labute approximate surface area is 242 Å². The highest BCUT2D eigenvalue weighted by atomic mass is 32.2. The van der Waals surface area contributed by atoms with Gasteiger partial charge in [-0.3, -0.25) is 9.59 Å². The van der Waals surface area contributed by atoms with Gasteiger partial charge >= 0.3 is 6.01 Å². The van der Waals surface area contributed by atoms with E-state index in [0.717, 1.165) is 31.1 Å². The molecule has 0 unspecified atom stereocenters. The van der Waals surface area contributed by atoms with E-state index in [-0.39, 0.29) is 24.1 Å². The summed E-state index contributed by atoms with van der Waals surface area (Å²) >= 11 is 0. The van der Waals surface area contributed by atoms with E-state index in [1.807, 2.05) is 6.92 Å². The lowest BCUT2D eigenvalue weighted by Crippen LogP contribution is -2.56. The molecule has 0 spiro atoms. The molecule has 2 aromatic carbocycles. The zero-order chi connectivity index (χ0) is 31.0. The molecular formula is C28H34F2N4O7S. The number of benzene rings is 2. The van der Waals surface area contributed by atoms with E-state index in [2.05, 4.69) is 15.6 Å². The molecule has 2 amide bonds. The molecule has 3 rings (SSSR count). The van der Waals surface area contributed by atoms with Gasteiger partial charge in [0.15, 0.2) is 5.69 Å². The third-order valence-corrected chi connectivity index (χ3v) is 7.73. The number of rotatable bonds is 14. The Hall–Kier alpha value is -3.88. The number of anilines is 1. The average Bonchev–Trinajstić information content (AvgIpc) is 3.43. The van der Waals surface area contributed by atoms with Crippen LogP contribution in [0.2, 0.25) is 0 Å². The van der Waals surface area contributed by atoms with Gasteiger partial charge in [0.25, 0.3) is 11.8 Å². The van der Waals surface area contributed by atoms with Crippen LogP contribution in [0, 0.1) is 11.6 Å². The lowest BCUT2D eigenvalue weighted by Gasteiger charge is -2.33. The Balaban J connectivity index is 1.89. The number of carbonyl (C=O) groups is 2. The summed E-state index contributed by atoms with van der Waals surface area (Å²) < 4.78 is 57.3. The Morgan fingerprint density at radius 3 is 2.19 bits per heavy atom. The summed E-state index contributed by atoms with van der Waals surface area (Å²) in [5.41, 5.74) is 0.0549. The molecule has 0 aliphatic rings. The van der Waals surface area contributed by atoms with Crippen molar-refractivity contribution in [1.29, 1.82) is 0 Å². The van der Waals surface area contributed by atoms with Crippen molar-refractivity contribution in [2.24, 2.45) is 0 Å². The fraction of sp³-hybridized carbons (Fsp3) is 0.393. The molecule has 0 saturated carbocycles. The minimum absolute atomic E-state index is 0.0696. The van der Waals surface area contributed by atoms with E-state index in [9.17, 15) is 37.0 Å². The second-order valence-electron chi connectivity index (χ2n) is 9.88. The smallest absolute Gasteiger partial charge is 0.311 e. The topological polar surface area (TPSA) is 162 Å². The largest absolute Gasteiger partial charge is 0.430 e. The standard InChI is InChI=1S/C28H34F2N4O7S/c1-4-5-11-21(31-26(37)18-9-7-6-8-10-18)24(35)25(36)22(14-17-12-19(29)15-20(30)13-17)32-27(38)23-16-41-28(33-23)34(2)42(3,39)40/h6-10,12-13,15-16,21-22,24-25,35-36H,4-5,11,14H2,1-3H3,(H,31,37)(H,32,38)/t21-,22+,24-,25-/m1/s1. The summed E-state index contributed by atoms with van der Waals surface area (Å²) in [6.45, 7) is 1.91. The second kappa shape index (κ2) is 14.3. The van der Waals surface area contributed by atoms with Gasteiger partial charge in [-0.25, -0.2) is 21.5 Å². The van der Waals surface area contributed by atoms with Crippen LogP contribution in [0.3, 0.4) is 0 Å². The van der Waals surface area contributed by atoms with Crippen LogP contribution in [-0.2, 0) is 16.4 Å². The van der Waals surface area contributed by atoms with Gasteiger partial charge in [0.1, 0.15) is 30.1 Å². The predicted octanol–water partition coefficient (Wildman–Crippen LogP) is 2.40. The Morgan fingerprint density at radius 1 is 1.00 bits per heavy atom. The predicted molar refractivity (Wildman–Crippen MR) is 150 cm³/mol. The van der Waals surface area contributed by atoms with Gasteiger partial charge in [-0.05, 0) is 42.7 Å². The summed E-state index contributed by atoms with van der Waals surface area (Å²) in [7, 11) is -2.57. The third-order valence-electron chi connectivity index (χ3n) is 6.58. The van der Waals surface area contributed by atoms with Crippen LogP contribution < -0.4 is 14.9 Å². The number of aliphatic hydroxyl groups is 2. The molecule has 0 fully saturated rings. The van der Waals surface area contributed by atoms with Crippen molar-refractivity contribution in [3.05, 3.63) is 83.2 Å². The number of sulfonamides is 1. The first-order valence-corrected chi connectivity index (χ1v) is 15.0. The van der Waals surface area contributed by atoms with Crippen LogP contribution >= 0.6 is 0 Å². The van der Waals surface area contributed by atoms with Crippen LogP contribution in [0.15, 0.2) is 59.2 Å². The summed E-state index contributed by atoms with van der Waals surface area (Å²) in [5, 5.41) is 27.7. The zero-order valence-corrected chi connectivity index (χ0v) is 24.1. The Morgan fingerprint density at radius 2 is 1.60 bits per heavy atom. The van der Waals surface area contributed by atoms with Crippen molar-refractivity contribution in [3.8, 4) is 0 Å². The molecule has 11 nitrogen and oxygen atoms in total. The van der Waals surface area contributed by atoms with Gasteiger partial charge in [-0.2, -0.15) is 4.98 Å². The first-order valence-electron chi connectivity index (χ1n) is 13.2. The van der Waals surface area contributed by atoms with E-state index in [0.29, 0.717) is 22.4 Å². The average molecular weight is 609 g/mol. The molecule has 0 aliphatic carbocycles. The maximum Gasteiger partial charge on any atom is 0.311 e. The number of halogens is 2. The van der Waals surface area contributed by atoms with Gasteiger partial charge in [0.05, 0.1) is 18.3 Å². The number of oxazole rings is 1. The first kappa shape index (κ1) is 32.6. The molecule has 0 aliphatic heterocycles. The molecule has 4 N–H and O–H groups in total. The monoisotopic (exact) mass is 608 g/mol. The highest BCUT2D eigenvalue weighted by molar-refractivity contribution is 7.92. The number of hydrogen-bond acceptors (Lipinski definition) is 8. The van der Waals surface area contributed by atoms with Crippen LogP contribution in [0.25, 0.3) is 0 Å². The fourth-order valence-electron chi connectivity index (χ4n) is 4.21. The van der Waals surface area contributed by atoms with Crippen LogP contribution in [0.4, 0.5) is 14.8 Å². The zero-order valence-electron chi connectivity index (χ0n) is 23.3. The summed E-state index contributed by atoms with van der Waals surface area (Å²) in [4.78, 5) is 29.8. The van der Waals surface area contributed by atoms with Crippen molar-refractivity contribution in [3.63, 3.8) is 0 Å². The summed E-state index contributed by atoms with van der Waals surface area (Å²) in [6.07, 6.45) is -0.259. The first-order chi connectivity index (χ1) is 19.8. The molecule has 4 atom stereocenters. The molecule has 14 heteroatoms. The number of aliphatic hydroxyl groups excluding tert-OH is 2. The normalized spacial score (nSPS) is 14.5. The van der Waals surface area contributed by atoms with Gasteiger partial charge in [0, 0.05) is 18.7 Å². The number of aromatic nitrogens is 1. The van der Waals surface area contributed by atoms with E-state index in [1.165, 1.54) is 7.05 Å². The van der Waals surface area contributed by atoms with Crippen molar-refractivity contribution >= 4 is 27.9 Å². The lowest BCUT2D eigenvalue weighted by atomic mass is 9.91. The number of hydrogen-bond donors (Lipinski definition) is 4. The van der Waals surface area contributed by atoms with E-state index in [1.54, 1.807) is 30.3 Å². The van der Waals surface area contributed by atoms with Gasteiger partial charge < -0.3 is 25.3 Å². The fourth-order valence-corrected chi connectivity index (χ4v) is 4.57. The van der Waals surface area contributed by atoms with Crippen LogP contribution in [0.1, 0.15) is 52.6 Å². The van der Waals surface area contributed by atoms with Gasteiger partial charge in [-0.1, -0.05) is 38.0 Å². The molecule has 1 heterocycles. The Bertz CT molecular complexity index is 1450. The minimum atomic E-state index is -3.75. The summed E-state index contributed by atoms with van der Waals surface area (Å²) in [5.74, 6) is -3.17. The molecule has 1 aromatic heterocycles. The summed E-state index contributed by atoms with van der Waals surface area (Å²) in [6, 6.07) is 8.29. The highest BCUT2D eigenvalue weighted by Crippen LogP contribution is 2.19. The minimum Gasteiger partial charge on any atom is -0.430 e. The molecule has 228 valence electrons. The van der Waals surface area contributed by atoms with E-state index >= 15 is 0 Å². The molecule has 42 heavy (non-hydrogen) atoms. The molecule has 0 saturated heterocycles. The van der Waals surface area contributed by atoms with Crippen LogP contribution in [-0.4, -0.2) is 73.0 Å². The highest BCUT2D eigenvalue weighted by Gasteiger charge is 2.35. The van der Waals surface area contributed by atoms with Crippen molar-refractivity contribution in [2.75, 3.05) is 17.6 Å². The quantitative estimate of drug-likeness (QED) is 0.217. The lowest BCUT2D eigenvalue weighted by molar-refractivity contribution is -0.0238. The van der Waals surface area contributed by atoms with Gasteiger partial charge in [0.2, 0.25) is 10.0 Å². The van der Waals surface area contributed by atoms with E-state index < -0.39 is 63.8 Å². The number of carbonyl (C=O) groups excluding carboxylic acids is 2. The molecule has 0 bridgehead atoms. The number of nitrogens with one attached hydrogen (secondary N) is 2. The maximum atomic E-state index is 13.9. The number of unbranched alkanes of at least 4 members (excludes halogenated alkanes) is 1. The van der Waals surface area contributed by atoms with E-state index in [4.69, 9.17) is 4.42 Å². The second-order valence-corrected chi connectivity index (χ2v) is 11.9. The maximum absolute atomic E-state index is 13.9. The van der Waals surface area contributed by atoms with Crippen LogP contribution in [0.5, 0.6) is 0 Å². The SMILES string of the molecule is CCCC[C@@H](NC(=O)c1ccccc1)[C@@H](O)[C@H](O)[C@H](Cc1cc(F)cc(F)c1)NC(=O)c1coc(N(C)S(C)(=O)=O)n1. The van der Waals surface area contributed by atoms with Crippen molar-refractivity contribution in [1.82, 2.24) is 15.6 Å². The molecule has 0 radical (unpaired) electrons. The Kier molecular flexibility index (Phi) is 11.1. The van der Waals surface area contributed by atoms with Crippen molar-refractivity contribution < 1.29 is 41.4 Å². The molecular weight excluding hydrogens is 574 g/mol. The third kappa shape index (κ3) is 8.81. The number of nitrogens with zero attached hydrogens (tertiary/aromatic N) is 2. The number of amides is 2. The van der Waals surface area contributed by atoms with Gasteiger partial charge in [-0.15, -0.1) is 0 Å². The van der Waals surface area contributed by atoms with Crippen molar-refractivity contribution in [2.45, 2.75) is 56.9 Å². The molecule has 3 aromatic rings.